The van der Waals surface area contributed by atoms with Crippen molar-refractivity contribution in [2.24, 2.45) is 11.3 Å². The highest BCUT2D eigenvalue weighted by molar-refractivity contribution is 5.73. The lowest BCUT2D eigenvalue weighted by molar-refractivity contribution is 0.237. The van der Waals surface area contributed by atoms with Crippen LogP contribution >= 0.6 is 0 Å². The quantitative estimate of drug-likeness (QED) is 0.720. The Morgan fingerprint density at radius 2 is 1.81 bits per heavy atom. The standard InChI is InChI=1S/C17H24N2O2/c20-11-14-3-1-13(2-4-14)7-10-18-16(21)19-12-17(8-9-17)15-5-6-15/h1-4,15,20H,5-12H2,(H2,18,19,21). The fraction of sp³-hybridized carbons (Fsp3) is 0.588. The molecule has 1 aromatic carbocycles. The van der Waals surface area contributed by atoms with E-state index in [-0.39, 0.29) is 12.6 Å². The maximum Gasteiger partial charge on any atom is 0.314 e. The largest absolute Gasteiger partial charge is 0.392 e. The minimum absolute atomic E-state index is 0.0473. The lowest BCUT2D eigenvalue weighted by atomic mass is 10.0. The van der Waals surface area contributed by atoms with Crippen LogP contribution in [0.4, 0.5) is 4.79 Å². The van der Waals surface area contributed by atoms with Crippen LogP contribution in [-0.4, -0.2) is 24.2 Å². The van der Waals surface area contributed by atoms with Gasteiger partial charge in [-0.1, -0.05) is 24.3 Å². The van der Waals surface area contributed by atoms with E-state index in [9.17, 15) is 4.79 Å². The summed E-state index contributed by atoms with van der Waals surface area (Å²) in [5.74, 6) is 0.878. The van der Waals surface area contributed by atoms with Crippen LogP contribution in [0.25, 0.3) is 0 Å². The minimum atomic E-state index is -0.0473. The van der Waals surface area contributed by atoms with Crippen LogP contribution in [0.1, 0.15) is 36.8 Å². The first-order chi connectivity index (χ1) is 10.2. The van der Waals surface area contributed by atoms with Gasteiger partial charge in [-0.2, -0.15) is 0 Å². The molecule has 0 atom stereocenters. The molecular formula is C17H24N2O2. The predicted molar refractivity (Wildman–Crippen MR) is 81.9 cm³/mol. The molecule has 0 spiro atoms. The van der Waals surface area contributed by atoms with Crippen LogP contribution < -0.4 is 10.6 Å². The number of nitrogens with one attached hydrogen (secondary N) is 2. The van der Waals surface area contributed by atoms with Crippen molar-refractivity contribution in [3.8, 4) is 0 Å². The number of rotatable bonds is 7. The summed E-state index contributed by atoms with van der Waals surface area (Å²) < 4.78 is 0. The molecule has 114 valence electrons. The zero-order valence-corrected chi connectivity index (χ0v) is 12.4. The highest BCUT2D eigenvalue weighted by Crippen LogP contribution is 2.60. The number of hydrogen-bond donors (Lipinski definition) is 3. The molecule has 3 rings (SSSR count). The van der Waals surface area contributed by atoms with E-state index >= 15 is 0 Å². The third-order valence-electron chi connectivity index (χ3n) is 4.84. The molecule has 21 heavy (non-hydrogen) atoms. The molecule has 0 unspecified atom stereocenters. The van der Waals surface area contributed by atoms with Gasteiger partial charge in [0, 0.05) is 13.1 Å². The first-order valence-electron chi connectivity index (χ1n) is 7.92. The van der Waals surface area contributed by atoms with E-state index in [0.29, 0.717) is 12.0 Å². The second kappa shape index (κ2) is 6.06. The van der Waals surface area contributed by atoms with E-state index < -0.39 is 0 Å². The summed E-state index contributed by atoms with van der Waals surface area (Å²) in [6, 6.07) is 7.78. The van der Waals surface area contributed by atoms with Gasteiger partial charge in [0.15, 0.2) is 0 Å². The molecular weight excluding hydrogens is 264 g/mol. The topological polar surface area (TPSA) is 61.4 Å². The van der Waals surface area contributed by atoms with Gasteiger partial charge < -0.3 is 15.7 Å². The Kier molecular flexibility index (Phi) is 4.15. The smallest absolute Gasteiger partial charge is 0.314 e. The van der Waals surface area contributed by atoms with E-state index in [1.807, 2.05) is 24.3 Å². The summed E-state index contributed by atoms with van der Waals surface area (Å²) in [5.41, 5.74) is 2.54. The maximum atomic E-state index is 11.8. The average Bonchev–Trinajstić information content (AvgIpc) is 3.39. The number of benzene rings is 1. The monoisotopic (exact) mass is 288 g/mol. The third-order valence-corrected chi connectivity index (χ3v) is 4.84. The van der Waals surface area contributed by atoms with Gasteiger partial charge in [0.05, 0.1) is 6.61 Å². The Morgan fingerprint density at radius 3 is 2.38 bits per heavy atom. The van der Waals surface area contributed by atoms with Crippen molar-refractivity contribution in [3.05, 3.63) is 35.4 Å². The summed E-state index contributed by atoms with van der Waals surface area (Å²) in [6.45, 7) is 1.55. The van der Waals surface area contributed by atoms with Crippen LogP contribution in [0.2, 0.25) is 0 Å². The Bertz CT molecular complexity index is 490. The molecule has 2 saturated carbocycles. The number of aliphatic hydroxyl groups excluding tert-OH is 1. The van der Waals surface area contributed by atoms with Gasteiger partial charge in [-0.05, 0) is 54.6 Å². The molecule has 4 heteroatoms. The zero-order chi connectivity index (χ0) is 14.7. The number of urea groups is 1. The first-order valence-corrected chi connectivity index (χ1v) is 7.92. The highest BCUT2D eigenvalue weighted by atomic mass is 16.3. The van der Waals surface area contributed by atoms with E-state index in [1.54, 1.807) is 0 Å². The second-order valence-corrected chi connectivity index (χ2v) is 6.47. The SMILES string of the molecule is O=C(NCCc1ccc(CO)cc1)NCC1(C2CC2)CC1. The molecule has 0 saturated heterocycles. The summed E-state index contributed by atoms with van der Waals surface area (Å²) in [5, 5.41) is 14.9. The Labute approximate surface area is 125 Å². The van der Waals surface area contributed by atoms with Gasteiger partial charge in [-0.15, -0.1) is 0 Å². The van der Waals surface area contributed by atoms with Crippen molar-refractivity contribution in [1.29, 1.82) is 0 Å². The van der Waals surface area contributed by atoms with Crippen LogP contribution in [0.15, 0.2) is 24.3 Å². The predicted octanol–water partition coefficient (Wildman–Crippen LogP) is 2.21. The number of hydrogen-bond acceptors (Lipinski definition) is 2. The van der Waals surface area contributed by atoms with Gasteiger partial charge in [-0.3, -0.25) is 0 Å². The van der Waals surface area contributed by atoms with Gasteiger partial charge in [-0.25, -0.2) is 4.79 Å². The molecule has 3 N–H and O–H groups in total. The van der Waals surface area contributed by atoms with E-state index in [4.69, 9.17) is 5.11 Å². The lowest BCUT2D eigenvalue weighted by Crippen LogP contribution is -2.40. The molecule has 0 radical (unpaired) electrons. The molecule has 4 nitrogen and oxygen atoms in total. The first kappa shape index (κ1) is 14.4. The van der Waals surface area contributed by atoms with Gasteiger partial charge in [0.1, 0.15) is 0 Å². The summed E-state index contributed by atoms with van der Waals surface area (Å²) >= 11 is 0. The molecule has 2 fully saturated rings. The van der Waals surface area contributed by atoms with Crippen molar-refractivity contribution in [3.63, 3.8) is 0 Å². The summed E-state index contributed by atoms with van der Waals surface area (Å²) in [4.78, 5) is 11.8. The van der Waals surface area contributed by atoms with E-state index in [1.165, 1.54) is 31.2 Å². The molecule has 0 aliphatic heterocycles. The average molecular weight is 288 g/mol. The highest BCUT2D eigenvalue weighted by Gasteiger charge is 2.53. The number of carbonyl (C=O) groups is 1. The van der Waals surface area contributed by atoms with Crippen molar-refractivity contribution in [2.75, 3.05) is 13.1 Å². The molecule has 1 aromatic rings. The van der Waals surface area contributed by atoms with Crippen molar-refractivity contribution < 1.29 is 9.90 Å². The fourth-order valence-electron chi connectivity index (χ4n) is 3.04. The molecule has 2 aliphatic rings. The normalized spacial score (nSPS) is 19.1. The lowest BCUT2D eigenvalue weighted by Gasteiger charge is -2.15. The Hall–Kier alpha value is -1.55. The Balaban J connectivity index is 1.33. The summed E-state index contributed by atoms with van der Waals surface area (Å²) in [6.07, 6.45) is 6.09. The minimum Gasteiger partial charge on any atom is -0.392 e. The molecule has 0 bridgehead atoms. The van der Waals surface area contributed by atoms with Crippen LogP contribution in [-0.2, 0) is 13.0 Å². The van der Waals surface area contributed by atoms with Crippen molar-refractivity contribution in [1.82, 2.24) is 10.6 Å². The molecule has 2 amide bonds. The fourth-order valence-corrected chi connectivity index (χ4v) is 3.04. The maximum absolute atomic E-state index is 11.8. The second-order valence-electron chi connectivity index (χ2n) is 6.47. The molecule has 2 aliphatic carbocycles. The number of aliphatic hydroxyl groups is 1. The van der Waals surface area contributed by atoms with Crippen molar-refractivity contribution in [2.45, 2.75) is 38.7 Å². The van der Waals surface area contributed by atoms with Crippen LogP contribution in [0.3, 0.4) is 0 Å². The zero-order valence-electron chi connectivity index (χ0n) is 12.4. The van der Waals surface area contributed by atoms with Gasteiger partial charge in [0.25, 0.3) is 0 Å². The van der Waals surface area contributed by atoms with Crippen LogP contribution in [0, 0.1) is 11.3 Å². The van der Waals surface area contributed by atoms with Crippen molar-refractivity contribution >= 4 is 6.03 Å². The Morgan fingerprint density at radius 1 is 1.14 bits per heavy atom. The van der Waals surface area contributed by atoms with Gasteiger partial charge in [0.2, 0.25) is 0 Å². The summed E-state index contributed by atoms with van der Waals surface area (Å²) in [7, 11) is 0. The molecule has 0 heterocycles. The number of carbonyl (C=O) groups excluding carboxylic acids is 1. The van der Waals surface area contributed by atoms with Crippen LogP contribution in [0.5, 0.6) is 0 Å². The molecule has 0 aromatic heterocycles. The third kappa shape index (κ3) is 3.76. The van der Waals surface area contributed by atoms with E-state index in [2.05, 4.69) is 10.6 Å². The van der Waals surface area contributed by atoms with E-state index in [0.717, 1.165) is 24.4 Å². The van der Waals surface area contributed by atoms with Gasteiger partial charge >= 0.3 is 6.03 Å². The number of amides is 2.